The molecule has 1 fully saturated rings. The summed E-state index contributed by atoms with van der Waals surface area (Å²) in [6.45, 7) is 1.90. The minimum Gasteiger partial charge on any atom is -0.383 e. The molecule has 2 aromatic heterocycles. The molecule has 1 aliphatic rings. The number of likely N-dealkylation sites (tertiary alicyclic amines) is 1. The number of pyridine rings is 1. The zero-order valence-corrected chi connectivity index (χ0v) is 12.0. The molecule has 1 N–H and O–H groups in total. The van der Waals surface area contributed by atoms with Gasteiger partial charge in [0.1, 0.15) is 5.82 Å². The van der Waals surface area contributed by atoms with Crippen LogP contribution in [0.5, 0.6) is 0 Å². The number of ether oxygens (including phenoxy) is 1. The Kier molecular flexibility index (Phi) is 3.96. The first-order chi connectivity index (χ1) is 10.3. The van der Waals surface area contributed by atoms with Crippen LogP contribution in [0.2, 0.25) is 0 Å². The first-order valence-electron chi connectivity index (χ1n) is 7.00. The van der Waals surface area contributed by atoms with Gasteiger partial charge in [-0.3, -0.25) is 9.78 Å². The number of imidazole rings is 1. The van der Waals surface area contributed by atoms with Gasteiger partial charge in [-0.2, -0.15) is 0 Å². The molecule has 0 aliphatic carbocycles. The van der Waals surface area contributed by atoms with Crippen molar-refractivity contribution >= 4 is 5.91 Å². The van der Waals surface area contributed by atoms with Crippen molar-refractivity contribution in [1.29, 1.82) is 0 Å². The number of hydrogen-bond acceptors (Lipinski definition) is 4. The van der Waals surface area contributed by atoms with Crippen molar-refractivity contribution in [2.24, 2.45) is 0 Å². The molecule has 0 radical (unpaired) electrons. The molecule has 0 saturated carbocycles. The van der Waals surface area contributed by atoms with Gasteiger partial charge in [0.2, 0.25) is 5.91 Å². The van der Waals surface area contributed by atoms with E-state index in [9.17, 15) is 4.79 Å². The third-order valence-electron chi connectivity index (χ3n) is 3.73. The molecule has 6 nitrogen and oxygen atoms in total. The quantitative estimate of drug-likeness (QED) is 0.902. The Bertz CT molecular complexity index is 611. The highest BCUT2D eigenvalue weighted by atomic mass is 16.5. The van der Waals surface area contributed by atoms with Crippen LogP contribution < -0.4 is 0 Å². The summed E-state index contributed by atoms with van der Waals surface area (Å²) in [5.74, 6) is 1.15. The molecule has 0 aromatic carbocycles. The summed E-state index contributed by atoms with van der Waals surface area (Å²) >= 11 is 0. The van der Waals surface area contributed by atoms with Gasteiger partial charge in [0, 0.05) is 50.5 Å². The number of nitrogens with one attached hydrogen (secondary N) is 1. The average Bonchev–Trinajstić information content (AvgIpc) is 3.13. The highest BCUT2D eigenvalue weighted by Gasteiger charge is 2.32. The van der Waals surface area contributed by atoms with Gasteiger partial charge in [-0.15, -0.1) is 0 Å². The second-order valence-electron chi connectivity index (χ2n) is 5.16. The maximum atomic E-state index is 12.0. The molecule has 2 aromatic rings. The molecular formula is C15H18N4O2. The number of nitrogens with zero attached hydrogens (tertiary/aromatic N) is 3. The van der Waals surface area contributed by atoms with Gasteiger partial charge >= 0.3 is 0 Å². The fourth-order valence-electron chi connectivity index (χ4n) is 2.59. The molecule has 21 heavy (non-hydrogen) atoms. The van der Waals surface area contributed by atoms with E-state index in [4.69, 9.17) is 4.74 Å². The van der Waals surface area contributed by atoms with E-state index in [-0.39, 0.29) is 11.8 Å². The van der Waals surface area contributed by atoms with Gasteiger partial charge in [-0.25, -0.2) is 4.98 Å². The van der Waals surface area contributed by atoms with Crippen LogP contribution in [0.4, 0.5) is 0 Å². The number of aromatic amines is 1. The second-order valence-corrected chi connectivity index (χ2v) is 5.16. The maximum absolute atomic E-state index is 12.0. The number of hydrogen-bond donors (Lipinski definition) is 1. The van der Waals surface area contributed by atoms with E-state index in [0.717, 1.165) is 17.1 Å². The third kappa shape index (κ3) is 2.95. The first-order valence-corrected chi connectivity index (χ1v) is 7.00. The number of carbonyl (C=O) groups is 1. The van der Waals surface area contributed by atoms with Crippen LogP contribution in [-0.2, 0) is 9.53 Å². The van der Waals surface area contributed by atoms with Crippen molar-refractivity contribution in [2.75, 3.05) is 26.8 Å². The van der Waals surface area contributed by atoms with E-state index in [1.165, 1.54) is 0 Å². The molecule has 0 unspecified atom stereocenters. The van der Waals surface area contributed by atoms with Gasteiger partial charge in [0.05, 0.1) is 18.5 Å². The molecule has 1 atom stereocenters. The summed E-state index contributed by atoms with van der Waals surface area (Å²) in [5.41, 5.74) is 1.93. The Morgan fingerprint density at radius 2 is 2.38 bits per heavy atom. The van der Waals surface area contributed by atoms with Crippen LogP contribution in [0, 0.1) is 0 Å². The van der Waals surface area contributed by atoms with Crippen LogP contribution in [-0.4, -0.2) is 52.6 Å². The zero-order chi connectivity index (χ0) is 14.7. The summed E-state index contributed by atoms with van der Waals surface area (Å²) in [5, 5.41) is 0. The van der Waals surface area contributed by atoms with Gasteiger partial charge in [-0.1, -0.05) is 0 Å². The minimum atomic E-state index is 0.125. The Hall–Kier alpha value is -2.21. The fraction of sp³-hybridized carbons (Fsp3) is 0.400. The second kappa shape index (κ2) is 6.05. The normalized spacial score (nSPS) is 18.4. The molecule has 3 rings (SSSR count). The van der Waals surface area contributed by atoms with E-state index in [0.29, 0.717) is 26.1 Å². The minimum absolute atomic E-state index is 0.125. The highest BCUT2D eigenvalue weighted by molar-refractivity contribution is 5.79. The van der Waals surface area contributed by atoms with E-state index >= 15 is 0 Å². The maximum Gasteiger partial charge on any atom is 0.223 e. The Balaban J connectivity index is 1.71. The molecular weight excluding hydrogens is 268 g/mol. The number of methoxy groups -OCH3 is 1. The van der Waals surface area contributed by atoms with Crippen molar-refractivity contribution in [2.45, 2.75) is 12.3 Å². The van der Waals surface area contributed by atoms with E-state index in [1.54, 1.807) is 25.7 Å². The van der Waals surface area contributed by atoms with Crippen molar-refractivity contribution in [1.82, 2.24) is 19.9 Å². The lowest BCUT2D eigenvalue weighted by molar-refractivity contribution is -0.128. The van der Waals surface area contributed by atoms with Crippen molar-refractivity contribution in [3.63, 3.8) is 0 Å². The van der Waals surface area contributed by atoms with E-state index in [1.807, 2.05) is 17.0 Å². The van der Waals surface area contributed by atoms with Gasteiger partial charge < -0.3 is 14.6 Å². The van der Waals surface area contributed by atoms with Crippen molar-refractivity contribution < 1.29 is 9.53 Å². The Labute approximate surface area is 123 Å². The molecule has 1 aliphatic heterocycles. The molecule has 6 heteroatoms. The highest BCUT2D eigenvalue weighted by Crippen LogP contribution is 2.27. The molecule has 3 heterocycles. The Morgan fingerprint density at radius 3 is 3.14 bits per heavy atom. The number of amides is 1. The van der Waals surface area contributed by atoms with Crippen LogP contribution in [0.25, 0.3) is 11.3 Å². The van der Waals surface area contributed by atoms with Crippen molar-refractivity contribution in [3.05, 3.63) is 36.5 Å². The third-order valence-corrected chi connectivity index (χ3v) is 3.73. The molecule has 0 bridgehead atoms. The summed E-state index contributed by atoms with van der Waals surface area (Å²) < 4.78 is 5.03. The molecule has 0 spiro atoms. The number of aromatic nitrogens is 3. The van der Waals surface area contributed by atoms with E-state index in [2.05, 4.69) is 15.0 Å². The van der Waals surface area contributed by atoms with Gasteiger partial charge in [0.15, 0.2) is 0 Å². The summed E-state index contributed by atoms with van der Waals surface area (Å²) in [6.07, 6.45) is 5.84. The van der Waals surface area contributed by atoms with Gasteiger partial charge in [0.25, 0.3) is 0 Å². The summed E-state index contributed by atoms with van der Waals surface area (Å²) in [7, 11) is 1.64. The average molecular weight is 286 g/mol. The summed E-state index contributed by atoms with van der Waals surface area (Å²) in [4.78, 5) is 25.6. The lowest BCUT2D eigenvalue weighted by Gasteiger charge is -2.15. The SMILES string of the molecule is COCCN1C[C@@H](c2ncc(-c3cccnc3)[nH]2)CC1=O. The molecule has 1 saturated heterocycles. The van der Waals surface area contributed by atoms with Crippen LogP contribution in [0.3, 0.4) is 0 Å². The smallest absolute Gasteiger partial charge is 0.223 e. The van der Waals surface area contributed by atoms with Crippen LogP contribution >= 0.6 is 0 Å². The standard InChI is InChI=1S/C15H18N4O2/c1-21-6-5-19-10-12(7-14(19)20)15-17-9-13(18-15)11-3-2-4-16-8-11/h2-4,8-9,12H,5-7,10H2,1H3,(H,17,18)/t12-/m0/s1. The Morgan fingerprint density at radius 1 is 1.48 bits per heavy atom. The predicted molar refractivity (Wildman–Crippen MR) is 77.6 cm³/mol. The van der Waals surface area contributed by atoms with Crippen LogP contribution in [0.15, 0.2) is 30.7 Å². The fourth-order valence-corrected chi connectivity index (χ4v) is 2.59. The molecule has 110 valence electrons. The monoisotopic (exact) mass is 286 g/mol. The number of carbonyl (C=O) groups excluding carboxylic acids is 1. The lowest BCUT2D eigenvalue weighted by atomic mass is 10.1. The van der Waals surface area contributed by atoms with Crippen molar-refractivity contribution in [3.8, 4) is 11.3 Å². The lowest BCUT2D eigenvalue weighted by Crippen LogP contribution is -2.28. The largest absolute Gasteiger partial charge is 0.383 e. The predicted octanol–water partition coefficient (Wildman–Crippen LogP) is 1.43. The van der Waals surface area contributed by atoms with Crippen LogP contribution in [0.1, 0.15) is 18.2 Å². The topological polar surface area (TPSA) is 71.1 Å². The van der Waals surface area contributed by atoms with Gasteiger partial charge in [-0.05, 0) is 12.1 Å². The molecule has 1 amide bonds. The first kappa shape index (κ1) is 13.8. The zero-order valence-electron chi connectivity index (χ0n) is 12.0. The number of rotatable bonds is 5. The number of H-pyrrole nitrogens is 1. The van der Waals surface area contributed by atoms with E-state index < -0.39 is 0 Å². The summed E-state index contributed by atoms with van der Waals surface area (Å²) in [6, 6.07) is 3.87.